The highest BCUT2D eigenvalue weighted by Crippen LogP contribution is 2.65. The normalized spacial score (nSPS) is 34.2. The van der Waals surface area contributed by atoms with E-state index in [1.54, 1.807) is 31.2 Å². The number of nitriles is 3. The number of nitrogens with zero attached hydrogens (tertiary/aromatic N) is 3. The van der Waals surface area contributed by atoms with E-state index < -0.39 is 28.6 Å². The molecule has 0 aromatic heterocycles. The highest BCUT2D eigenvalue weighted by molar-refractivity contribution is 5.89. The van der Waals surface area contributed by atoms with Crippen molar-refractivity contribution in [3.63, 3.8) is 0 Å². The third-order valence-corrected chi connectivity index (χ3v) is 5.58. The van der Waals surface area contributed by atoms with Gasteiger partial charge in [-0.3, -0.25) is 5.41 Å². The van der Waals surface area contributed by atoms with Crippen LogP contribution in [0, 0.1) is 50.2 Å². The van der Waals surface area contributed by atoms with E-state index in [-0.39, 0.29) is 5.90 Å². The lowest BCUT2D eigenvalue weighted by atomic mass is 9.49. The zero-order chi connectivity index (χ0) is 19.0. The number of hydrogen-bond donors (Lipinski definition) is 1. The summed E-state index contributed by atoms with van der Waals surface area (Å²) in [7, 11) is 0. The molecular weight excluding hydrogens is 328 g/mol. The molecule has 0 saturated carbocycles. The maximum absolute atomic E-state index is 10.1. The predicted molar refractivity (Wildman–Crippen MR) is 92.5 cm³/mol. The Morgan fingerprint density at radius 2 is 1.77 bits per heavy atom. The molecule has 6 heteroatoms. The van der Waals surface area contributed by atoms with E-state index in [0.29, 0.717) is 12.0 Å². The van der Waals surface area contributed by atoms with Crippen molar-refractivity contribution in [1.29, 1.82) is 21.2 Å². The van der Waals surface area contributed by atoms with E-state index in [4.69, 9.17) is 14.9 Å². The lowest BCUT2D eigenvalue weighted by Crippen LogP contribution is -2.73. The van der Waals surface area contributed by atoms with Crippen LogP contribution in [-0.2, 0) is 9.47 Å². The summed E-state index contributed by atoms with van der Waals surface area (Å²) in [6.45, 7) is 3.67. The van der Waals surface area contributed by atoms with Crippen LogP contribution < -0.4 is 0 Å². The van der Waals surface area contributed by atoms with Crippen molar-refractivity contribution in [3.05, 3.63) is 35.9 Å². The van der Waals surface area contributed by atoms with Crippen LogP contribution in [-0.4, -0.2) is 17.8 Å². The number of benzene rings is 1. The van der Waals surface area contributed by atoms with Gasteiger partial charge in [-0.05, 0) is 12.0 Å². The molecule has 3 aliphatic heterocycles. The quantitative estimate of drug-likeness (QED) is 0.892. The highest BCUT2D eigenvalue weighted by Gasteiger charge is 2.78. The van der Waals surface area contributed by atoms with Crippen LogP contribution in [0.3, 0.4) is 0 Å². The van der Waals surface area contributed by atoms with Gasteiger partial charge in [0.25, 0.3) is 0 Å². The van der Waals surface area contributed by atoms with E-state index in [1.807, 2.05) is 13.0 Å². The highest BCUT2D eigenvalue weighted by atomic mass is 16.7. The van der Waals surface area contributed by atoms with Crippen molar-refractivity contribution < 1.29 is 9.47 Å². The molecule has 0 radical (unpaired) electrons. The summed E-state index contributed by atoms with van der Waals surface area (Å²) < 4.78 is 11.9. The summed E-state index contributed by atoms with van der Waals surface area (Å²) >= 11 is 0. The number of hydrogen-bond acceptors (Lipinski definition) is 6. The van der Waals surface area contributed by atoms with Gasteiger partial charge >= 0.3 is 0 Å². The minimum atomic E-state index is -1.77. The van der Waals surface area contributed by atoms with Crippen LogP contribution in [0.4, 0.5) is 0 Å². The Labute approximate surface area is 153 Å². The zero-order valence-electron chi connectivity index (χ0n) is 14.8. The van der Waals surface area contributed by atoms with Gasteiger partial charge in [-0.15, -0.1) is 0 Å². The van der Waals surface area contributed by atoms with Crippen LogP contribution >= 0.6 is 0 Å². The maximum Gasteiger partial charge on any atom is 0.219 e. The number of fused-ring (bicyclic) bond motifs is 3. The van der Waals surface area contributed by atoms with Gasteiger partial charge in [-0.1, -0.05) is 50.1 Å². The molecule has 0 unspecified atom stereocenters. The van der Waals surface area contributed by atoms with E-state index in [2.05, 4.69) is 18.2 Å². The van der Waals surface area contributed by atoms with Crippen LogP contribution in [0.1, 0.15) is 44.6 Å². The Morgan fingerprint density at radius 1 is 1.12 bits per heavy atom. The molecule has 3 fully saturated rings. The number of unbranched alkanes of at least 4 members (excludes halogenated alkanes) is 1. The Bertz CT molecular complexity index is 833. The molecule has 4 rings (SSSR count). The van der Waals surface area contributed by atoms with Gasteiger partial charge < -0.3 is 9.47 Å². The second-order valence-corrected chi connectivity index (χ2v) is 6.99. The lowest BCUT2D eigenvalue weighted by Gasteiger charge is -2.61. The molecule has 3 heterocycles. The first kappa shape index (κ1) is 17.9. The van der Waals surface area contributed by atoms with Crippen molar-refractivity contribution in [2.75, 3.05) is 0 Å². The van der Waals surface area contributed by atoms with Gasteiger partial charge in [0.05, 0.1) is 30.2 Å². The van der Waals surface area contributed by atoms with Crippen molar-refractivity contribution in [3.8, 4) is 18.2 Å². The van der Waals surface area contributed by atoms with Crippen LogP contribution in [0.25, 0.3) is 0 Å². The first-order valence-corrected chi connectivity index (χ1v) is 8.70. The first-order valence-electron chi connectivity index (χ1n) is 8.70. The minimum absolute atomic E-state index is 0.342. The Kier molecular flexibility index (Phi) is 4.23. The molecule has 0 aliphatic carbocycles. The van der Waals surface area contributed by atoms with Crippen molar-refractivity contribution >= 4 is 5.90 Å². The summed E-state index contributed by atoms with van der Waals surface area (Å²) in [5, 5.41) is 38.8. The third kappa shape index (κ3) is 2.02. The molecule has 3 saturated heterocycles. The monoisotopic (exact) mass is 348 g/mol. The summed E-state index contributed by atoms with van der Waals surface area (Å²) in [5.41, 5.74) is -2.85. The van der Waals surface area contributed by atoms with Crippen LogP contribution in [0.5, 0.6) is 0 Å². The molecule has 0 amide bonds. The molecule has 2 bridgehead atoms. The third-order valence-electron chi connectivity index (χ3n) is 5.58. The van der Waals surface area contributed by atoms with Crippen LogP contribution in [0.15, 0.2) is 30.3 Å². The molecule has 132 valence electrons. The SMILES string of the molecule is CCCC[C@H]1O[C@@]2(C)OC(=N)[C@@]1(C#N)C(C#N)(C#N)[C@@H]2c1ccccc1. The first-order chi connectivity index (χ1) is 12.5. The predicted octanol–water partition coefficient (Wildman–Crippen LogP) is 3.63. The molecule has 1 aromatic carbocycles. The van der Waals surface area contributed by atoms with Gasteiger partial charge in [-0.25, -0.2) is 0 Å². The fourth-order valence-electron chi connectivity index (χ4n) is 4.41. The standard InChI is InChI=1S/C20H20N4O2/c1-3-4-10-15-20(13-23)17(24)26-18(2,25-15)16(19(20,11-21)12-22)14-8-6-5-7-9-14/h5-9,15-16,24H,3-4,10H2,1-2H3/t15-,16-,18+,20+/m1/s1. The molecule has 6 nitrogen and oxygen atoms in total. The van der Waals surface area contributed by atoms with E-state index in [0.717, 1.165) is 12.8 Å². The largest absolute Gasteiger partial charge is 0.447 e. The molecule has 4 atom stereocenters. The topological polar surface area (TPSA) is 114 Å². The molecular formula is C20H20N4O2. The summed E-state index contributed by atoms with van der Waals surface area (Å²) in [6, 6.07) is 15.4. The van der Waals surface area contributed by atoms with Crippen molar-refractivity contribution in [1.82, 2.24) is 0 Å². The number of rotatable bonds is 4. The molecule has 1 N–H and O–H groups in total. The average Bonchev–Trinajstić information content (AvgIpc) is 2.65. The summed E-state index contributed by atoms with van der Waals surface area (Å²) in [5.74, 6) is -2.51. The number of nitrogens with one attached hydrogen (secondary N) is 1. The Hall–Kier alpha value is -2.88. The molecule has 26 heavy (non-hydrogen) atoms. The van der Waals surface area contributed by atoms with E-state index >= 15 is 0 Å². The van der Waals surface area contributed by atoms with E-state index in [9.17, 15) is 15.8 Å². The second kappa shape index (κ2) is 6.13. The van der Waals surface area contributed by atoms with Gasteiger partial charge in [0.2, 0.25) is 11.7 Å². The van der Waals surface area contributed by atoms with Gasteiger partial charge in [0, 0.05) is 6.92 Å². The second-order valence-electron chi connectivity index (χ2n) is 6.99. The molecule has 3 aliphatic rings. The summed E-state index contributed by atoms with van der Waals surface area (Å²) in [4.78, 5) is 0. The van der Waals surface area contributed by atoms with Crippen molar-refractivity contribution in [2.24, 2.45) is 10.8 Å². The maximum atomic E-state index is 10.1. The van der Waals surface area contributed by atoms with Crippen molar-refractivity contribution in [2.45, 2.75) is 50.9 Å². The minimum Gasteiger partial charge on any atom is -0.447 e. The van der Waals surface area contributed by atoms with E-state index in [1.165, 1.54) is 0 Å². The zero-order valence-corrected chi connectivity index (χ0v) is 14.8. The van der Waals surface area contributed by atoms with Gasteiger partial charge in [0.1, 0.15) is 0 Å². The fraction of sp³-hybridized carbons (Fsp3) is 0.500. The molecule has 1 aromatic rings. The lowest BCUT2D eigenvalue weighted by molar-refractivity contribution is -0.320. The summed E-state index contributed by atoms with van der Waals surface area (Å²) in [6.07, 6.45) is 1.39. The fourth-order valence-corrected chi connectivity index (χ4v) is 4.41. The van der Waals surface area contributed by atoms with Gasteiger partial charge in [0.15, 0.2) is 10.8 Å². The smallest absolute Gasteiger partial charge is 0.219 e. The Morgan fingerprint density at radius 3 is 2.31 bits per heavy atom. The van der Waals surface area contributed by atoms with Gasteiger partial charge in [-0.2, -0.15) is 15.8 Å². The average molecular weight is 348 g/mol. The molecule has 0 spiro atoms. The Balaban J connectivity index is 2.29. The number of ether oxygens (including phenoxy) is 2. The van der Waals surface area contributed by atoms with Crippen LogP contribution in [0.2, 0.25) is 0 Å².